The fourth-order valence-corrected chi connectivity index (χ4v) is 1.89. The first-order valence-corrected chi connectivity index (χ1v) is 5.92. The minimum absolute atomic E-state index is 0.201. The molecule has 5 nitrogen and oxygen atoms in total. The minimum Gasteiger partial charge on any atom is -0.378 e. The Morgan fingerprint density at radius 3 is 3.00 bits per heavy atom. The standard InChI is InChI=1S/C11H14ClN3O2/c1-7-8(2-3-17-7)4-15-11(16)9-5-14-10(12)6-13-9/h5-8H,2-4H2,1H3,(H,15,16). The van der Waals surface area contributed by atoms with Crippen LogP contribution in [0.1, 0.15) is 23.8 Å². The molecule has 1 saturated heterocycles. The molecule has 0 bridgehead atoms. The zero-order valence-electron chi connectivity index (χ0n) is 9.52. The van der Waals surface area contributed by atoms with E-state index in [1.807, 2.05) is 6.92 Å². The van der Waals surface area contributed by atoms with Gasteiger partial charge >= 0.3 is 0 Å². The monoisotopic (exact) mass is 255 g/mol. The first-order valence-electron chi connectivity index (χ1n) is 5.54. The van der Waals surface area contributed by atoms with Crippen molar-refractivity contribution in [2.24, 2.45) is 5.92 Å². The van der Waals surface area contributed by atoms with Gasteiger partial charge in [-0.1, -0.05) is 11.6 Å². The zero-order chi connectivity index (χ0) is 12.3. The van der Waals surface area contributed by atoms with Crippen molar-refractivity contribution < 1.29 is 9.53 Å². The first kappa shape index (κ1) is 12.3. The molecule has 2 heterocycles. The maximum absolute atomic E-state index is 11.7. The van der Waals surface area contributed by atoms with Crippen LogP contribution in [0.2, 0.25) is 5.15 Å². The van der Waals surface area contributed by atoms with Crippen molar-refractivity contribution in [1.29, 1.82) is 0 Å². The van der Waals surface area contributed by atoms with Gasteiger partial charge in [-0.2, -0.15) is 0 Å². The van der Waals surface area contributed by atoms with E-state index >= 15 is 0 Å². The van der Waals surface area contributed by atoms with Crippen LogP contribution in [-0.2, 0) is 4.74 Å². The fourth-order valence-electron chi connectivity index (χ4n) is 1.79. The van der Waals surface area contributed by atoms with Gasteiger partial charge in [-0.05, 0) is 13.3 Å². The molecule has 1 aliphatic rings. The van der Waals surface area contributed by atoms with Gasteiger partial charge in [0.25, 0.3) is 5.91 Å². The molecule has 2 unspecified atom stereocenters. The summed E-state index contributed by atoms with van der Waals surface area (Å²) in [6.07, 6.45) is 3.91. The molecule has 1 fully saturated rings. The van der Waals surface area contributed by atoms with Crippen LogP contribution in [0.3, 0.4) is 0 Å². The Balaban J connectivity index is 1.87. The van der Waals surface area contributed by atoms with Crippen LogP contribution in [0.4, 0.5) is 0 Å². The molecule has 6 heteroatoms. The van der Waals surface area contributed by atoms with Gasteiger partial charge in [0, 0.05) is 19.1 Å². The van der Waals surface area contributed by atoms with Gasteiger partial charge < -0.3 is 10.1 Å². The van der Waals surface area contributed by atoms with Gasteiger partial charge in [0.05, 0.1) is 18.5 Å². The summed E-state index contributed by atoms with van der Waals surface area (Å²) in [6, 6.07) is 0. The lowest BCUT2D eigenvalue weighted by Gasteiger charge is -2.14. The number of hydrogen-bond donors (Lipinski definition) is 1. The average Bonchev–Trinajstić information content (AvgIpc) is 2.73. The van der Waals surface area contributed by atoms with Crippen molar-refractivity contribution in [1.82, 2.24) is 15.3 Å². The normalized spacial score (nSPS) is 23.6. The molecule has 1 amide bonds. The van der Waals surface area contributed by atoms with Gasteiger partial charge in [-0.25, -0.2) is 9.97 Å². The highest BCUT2D eigenvalue weighted by Crippen LogP contribution is 2.19. The molecule has 2 atom stereocenters. The Kier molecular flexibility index (Phi) is 3.91. The van der Waals surface area contributed by atoms with E-state index in [1.54, 1.807) is 0 Å². The number of hydrogen-bond acceptors (Lipinski definition) is 4. The highest BCUT2D eigenvalue weighted by molar-refractivity contribution is 6.29. The molecule has 0 aliphatic carbocycles. The van der Waals surface area contributed by atoms with Crippen molar-refractivity contribution >= 4 is 17.5 Å². The molecule has 1 aliphatic heterocycles. The van der Waals surface area contributed by atoms with Crippen LogP contribution in [0, 0.1) is 5.92 Å². The van der Waals surface area contributed by atoms with E-state index < -0.39 is 0 Å². The summed E-state index contributed by atoms with van der Waals surface area (Å²) in [7, 11) is 0. The molecule has 0 spiro atoms. The quantitative estimate of drug-likeness (QED) is 0.884. The second-order valence-corrected chi connectivity index (χ2v) is 4.45. The molecule has 17 heavy (non-hydrogen) atoms. The Labute approximate surface area is 105 Å². The highest BCUT2D eigenvalue weighted by atomic mass is 35.5. The average molecular weight is 256 g/mol. The summed E-state index contributed by atoms with van der Waals surface area (Å²) in [5, 5.41) is 3.10. The third-order valence-corrected chi connectivity index (χ3v) is 3.11. The van der Waals surface area contributed by atoms with Crippen LogP contribution >= 0.6 is 11.6 Å². The van der Waals surface area contributed by atoms with Gasteiger partial charge in [0.1, 0.15) is 10.8 Å². The molecular formula is C11H14ClN3O2. The Bertz CT molecular complexity index is 396. The summed E-state index contributed by atoms with van der Waals surface area (Å²) in [4.78, 5) is 19.4. The summed E-state index contributed by atoms with van der Waals surface area (Å²) in [5.74, 6) is 0.146. The molecule has 0 saturated carbocycles. The molecule has 0 radical (unpaired) electrons. The number of amides is 1. The number of nitrogens with zero attached hydrogens (tertiary/aromatic N) is 2. The van der Waals surface area contributed by atoms with E-state index in [0.29, 0.717) is 12.5 Å². The minimum atomic E-state index is -0.228. The van der Waals surface area contributed by atoms with E-state index in [2.05, 4.69) is 15.3 Å². The lowest BCUT2D eigenvalue weighted by Crippen LogP contribution is -2.32. The summed E-state index contributed by atoms with van der Waals surface area (Å²) < 4.78 is 5.42. The number of rotatable bonds is 3. The van der Waals surface area contributed by atoms with E-state index in [9.17, 15) is 4.79 Å². The predicted molar refractivity (Wildman–Crippen MR) is 62.9 cm³/mol. The zero-order valence-corrected chi connectivity index (χ0v) is 10.3. The number of nitrogens with one attached hydrogen (secondary N) is 1. The number of halogens is 1. The van der Waals surface area contributed by atoms with Crippen LogP contribution in [0.15, 0.2) is 12.4 Å². The molecule has 92 valence electrons. The maximum Gasteiger partial charge on any atom is 0.271 e. The highest BCUT2D eigenvalue weighted by Gasteiger charge is 2.24. The van der Waals surface area contributed by atoms with E-state index in [-0.39, 0.29) is 22.9 Å². The van der Waals surface area contributed by atoms with Gasteiger partial charge in [-0.3, -0.25) is 4.79 Å². The van der Waals surface area contributed by atoms with Crippen molar-refractivity contribution in [2.75, 3.05) is 13.2 Å². The van der Waals surface area contributed by atoms with Crippen LogP contribution in [0.25, 0.3) is 0 Å². The summed E-state index contributed by atoms with van der Waals surface area (Å²) in [6.45, 7) is 3.39. The molecule has 0 aromatic carbocycles. The Hall–Kier alpha value is -1.20. The van der Waals surface area contributed by atoms with Gasteiger partial charge in [0.2, 0.25) is 0 Å². The van der Waals surface area contributed by atoms with E-state index in [1.165, 1.54) is 12.4 Å². The topological polar surface area (TPSA) is 64.1 Å². The lowest BCUT2D eigenvalue weighted by molar-refractivity contribution is 0.0903. The fraction of sp³-hybridized carbons (Fsp3) is 0.545. The predicted octanol–water partition coefficient (Wildman–Crippen LogP) is 1.28. The van der Waals surface area contributed by atoms with Crippen molar-refractivity contribution in [3.63, 3.8) is 0 Å². The van der Waals surface area contributed by atoms with Crippen LogP contribution < -0.4 is 5.32 Å². The van der Waals surface area contributed by atoms with E-state index in [0.717, 1.165) is 13.0 Å². The first-order chi connectivity index (χ1) is 8.16. The third-order valence-electron chi connectivity index (χ3n) is 2.91. The van der Waals surface area contributed by atoms with Crippen LogP contribution in [0.5, 0.6) is 0 Å². The number of carbonyl (C=O) groups excluding carboxylic acids is 1. The largest absolute Gasteiger partial charge is 0.378 e. The number of carbonyl (C=O) groups is 1. The van der Waals surface area contributed by atoms with Crippen LogP contribution in [-0.4, -0.2) is 35.1 Å². The Morgan fingerprint density at radius 2 is 2.41 bits per heavy atom. The van der Waals surface area contributed by atoms with Crippen molar-refractivity contribution in [3.8, 4) is 0 Å². The second kappa shape index (κ2) is 5.42. The van der Waals surface area contributed by atoms with E-state index in [4.69, 9.17) is 16.3 Å². The maximum atomic E-state index is 11.7. The molecular weight excluding hydrogens is 242 g/mol. The van der Waals surface area contributed by atoms with Crippen molar-refractivity contribution in [2.45, 2.75) is 19.4 Å². The van der Waals surface area contributed by atoms with Gasteiger partial charge in [-0.15, -0.1) is 0 Å². The SMILES string of the molecule is CC1OCCC1CNC(=O)c1cnc(Cl)cn1. The number of ether oxygens (including phenoxy) is 1. The molecule has 1 aromatic rings. The summed E-state index contributed by atoms with van der Waals surface area (Å²) in [5.41, 5.74) is 0.279. The lowest BCUT2D eigenvalue weighted by atomic mass is 10.0. The molecule has 1 aromatic heterocycles. The smallest absolute Gasteiger partial charge is 0.271 e. The van der Waals surface area contributed by atoms with Gasteiger partial charge in [0.15, 0.2) is 0 Å². The molecule has 1 N–H and O–H groups in total. The van der Waals surface area contributed by atoms with Crippen molar-refractivity contribution in [3.05, 3.63) is 23.2 Å². The Morgan fingerprint density at radius 1 is 1.59 bits per heavy atom. The third kappa shape index (κ3) is 3.14. The molecule has 2 rings (SSSR count). The number of aromatic nitrogens is 2. The summed E-state index contributed by atoms with van der Waals surface area (Å²) >= 11 is 5.59. The second-order valence-electron chi connectivity index (χ2n) is 4.06.